The Morgan fingerprint density at radius 2 is 1.89 bits per heavy atom. The smallest absolute Gasteiger partial charge is 0.166 e. The van der Waals surface area contributed by atoms with Gasteiger partial charge in [0.2, 0.25) is 0 Å². The van der Waals surface area contributed by atoms with Crippen molar-refractivity contribution in [3.8, 4) is 5.75 Å². The molecule has 0 fully saturated rings. The Bertz CT molecular complexity index is 435. The van der Waals surface area contributed by atoms with Crippen molar-refractivity contribution in [1.82, 2.24) is 0 Å². The van der Waals surface area contributed by atoms with Crippen LogP contribution in [0.5, 0.6) is 5.75 Å². The van der Waals surface area contributed by atoms with Gasteiger partial charge in [-0.05, 0) is 49.9 Å². The predicted molar refractivity (Wildman–Crippen MR) is 80.1 cm³/mol. The predicted octanol–water partition coefficient (Wildman–Crippen LogP) is 4.71. The molecule has 0 aliphatic rings. The van der Waals surface area contributed by atoms with Crippen molar-refractivity contribution in [1.29, 1.82) is 0 Å². The summed E-state index contributed by atoms with van der Waals surface area (Å²) in [4.78, 5) is 12.6. The van der Waals surface area contributed by atoms with E-state index in [1.807, 2.05) is 26.0 Å². The summed E-state index contributed by atoms with van der Waals surface area (Å²) in [5.74, 6) is 1.31. The maximum Gasteiger partial charge on any atom is 0.166 e. The summed E-state index contributed by atoms with van der Waals surface area (Å²) in [5, 5.41) is 0. The third-order valence-electron chi connectivity index (χ3n) is 3.78. The Labute approximate surface area is 117 Å². The van der Waals surface area contributed by atoms with E-state index in [0.717, 1.165) is 48.1 Å². The maximum atomic E-state index is 12.6. The molecule has 0 spiro atoms. The normalized spacial score (nSPS) is 12.3. The number of rotatable bonds is 7. The van der Waals surface area contributed by atoms with E-state index >= 15 is 0 Å². The lowest BCUT2D eigenvalue weighted by molar-refractivity contribution is 0.0907. The Morgan fingerprint density at radius 3 is 2.42 bits per heavy atom. The number of hydrogen-bond donors (Lipinski definition) is 0. The van der Waals surface area contributed by atoms with Crippen molar-refractivity contribution in [2.24, 2.45) is 5.92 Å². The number of hydrogen-bond acceptors (Lipinski definition) is 2. The lowest BCUT2D eigenvalue weighted by atomic mass is 9.88. The molecule has 0 bridgehead atoms. The average Bonchev–Trinajstić information content (AvgIpc) is 2.41. The van der Waals surface area contributed by atoms with Gasteiger partial charge >= 0.3 is 0 Å². The standard InChI is InChI=1S/C17H26O2/c1-6-8-9-14(7-2)17(18)15-10-13(4)16(19-5)11-12(15)3/h10-11,14H,6-9H2,1-5H3. The van der Waals surface area contributed by atoms with E-state index in [1.54, 1.807) is 7.11 Å². The van der Waals surface area contributed by atoms with Crippen molar-refractivity contribution in [3.05, 3.63) is 28.8 Å². The fourth-order valence-corrected chi connectivity index (χ4v) is 2.47. The minimum absolute atomic E-state index is 0.159. The second-order valence-electron chi connectivity index (χ2n) is 5.25. The molecule has 0 N–H and O–H groups in total. The highest BCUT2D eigenvalue weighted by Crippen LogP contribution is 2.26. The highest BCUT2D eigenvalue weighted by atomic mass is 16.5. The quantitative estimate of drug-likeness (QED) is 0.665. The summed E-state index contributed by atoms with van der Waals surface area (Å²) in [5.41, 5.74) is 2.91. The van der Waals surface area contributed by atoms with Crippen LogP contribution in [-0.2, 0) is 0 Å². The largest absolute Gasteiger partial charge is 0.496 e. The van der Waals surface area contributed by atoms with Gasteiger partial charge in [-0.1, -0.05) is 26.7 Å². The number of carbonyl (C=O) groups is 1. The van der Waals surface area contributed by atoms with Gasteiger partial charge in [0.05, 0.1) is 7.11 Å². The Morgan fingerprint density at radius 1 is 1.21 bits per heavy atom. The number of carbonyl (C=O) groups excluding carboxylic acids is 1. The summed E-state index contributed by atoms with van der Waals surface area (Å²) >= 11 is 0. The fraction of sp³-hybridized carbons (Fsp3) is 0.588. The van der Waals surface area contributed by atoms with Gasteiger partial charge < -0.3 is 4.74 Å². The molecule has 0 aromatic heterocycles. The second-order valence-corrected chi connectivity index (χ2v) is 5.25. The molecule has 19 heavy (non-hydrogen) atoms. The zero-order valence-corrected chi connectivity index (χ0v) is 12.9. The number of benzene rings is 1. The Kier molecular flexibility index (Phi) is 6.07. The van der Waals surface area contributed by atoms with Crippen molar-refractivity contribution in [3.63, 3.8) is 0 Å². The van der Waals surface area contributed by atoms with Gasteiger partial charge in [-0.15, -0.1) is 0 Å². The lowest BCUT2D eigenvalue weighted by Crippen LogP contribution is -2.15. The zero-order chi connectivity index (χ0) is 14.4. The van der Waals surface area contributed by atoms with Gasteiger partial charge in [-0.2, -0.15) is 0 Å². The monoisotopic (exact) mass is 262 g/mol. The van der Waals surface area contributed by atoms with Gasteiger partial charge in [0.25, 0.3) is 0 Å². The van der Waals surface area contributed by atoms with Gasteiger partial charge in [0.1, 0.15) is 5.75 Å². The van der Waals surface area contributed by atoms with Crippen molar-refractivity contribution in [2.75, 3.05) is 7.11 Å². The summed E-state index contributed by atoms with van der Waals surface area (Å²) in [7, 11) is 1.67. The molecule has 1 atom stereocenters. The molecule has 0 aliphatic heterocycles. The van der Waals surface area contributed by atoms with Crippen LogP contribution in [0, 0.1) is 19.8 Å². The molecule has 1 aromatic carbocycles. The van der Waals surface area contributed by atoms with Crippen LogP contribution in [0.15, 0.2) is 12.1 Å². The first-order chi connectivity index (χ1) is 9.04. The van der Waals surface area contributed by atoms with Crippen LogP contribution in [0.3, 0.4) is 0 Å². The van der Waals surface area contributed by atoms with Crippen LogP contribution in [0.4, 0.5) is 0 Å². The number of ketones is 1. The summed E-state index contributed by atoms with van der Waals surface area (Å²) in [6.07, 6.45) is 4.18. The minimum Gasteiger partial charge on any atom is -0.496 e. The molecule has 1 unspecified atom stereocenters. The van der Waals surface area contributed by atoms with E-state index < -0.39 is 0 Å². The average molecular weight is 262 g/mol. The van der Waals surface area contributed by atoms with E-state index in [-0.39, 0.29) is 5.92 Å². The van der Waals surface area contributed by atoms with Crippen molar-refractivity contribution >= 4 is 5.78 Å². The number of aryl methyl sites for hydroxylation is 2. The van der Waals surface area contributed by atoms with Gasteiger partial charge in [-0.3, -0.25) is 4.79 Å². The topological polar surface area (TPSA) is 26.3 Å². The van der Waals surface area contributed by atoms with Crippen LogP contribution in [0.1, 0.15) is 61.0 Å². The highest BCUT2D eigenvalue weighted by molar-refractivity contribution is 5.99. The second kappa shape index (κ2) is 7.32. The molecule has 106 valence electrons. The zero-order valence-electron chi connectivity index (χ0n) is 12.9. The van der Waals surface area contributed by atoms with Crippen LogP contribution >= 0.6 is 0 Å². The molecule has 0 heterocycles. The molecule has 0 amide bonds. The molecule has 0 saturated carbocycles. The number of unbranched alkanes of at least 4 members (excludes halogenated alkanes) is 1. The van der Waals surface area contributed by atoms with E-state index in [2.05, 4.69) is 13.8 Å². The molecule has 2 nitrogen and oxygen atoms in total. The number of methoxy groups -OCH3 is 1. The Hall–Kier alpha value is -1.31. The maximum absolute atomic E-state index is 12.6. The van der Waals surface area contributed by atoms with E-state index in [4.69, 9.17) is 4.74 Å². The molecule has 0 saturated heterocycles. The first-order valence-electron chi connectivity index (χ1n) is 7.24. The van der Waals surface area contributed by atoms with Crippen LogP contribution in [-0.4, -0.2) is 12.9 Å². The summed E-state index contributed by atoms with van der Waals surface area (Å²) < 4.78 is 5.30. The van der Waals surface area contributed by atoms with Gasteiger partial charge in [-0.25, -0.2) is 0 Å². The lowest BCUT2D eigenvalue weighted by Gasteiger charge is -2.16. The van der Waals surface area contributed by atoms with Gasteiger partial charge in [0.15, 0.2) is 5.78 Å². The molecule has 0 aliphatic carbocycles. The van der Waals surface area contributed by atoms with Crippen LogP contribution < -0.4 is 4.74 Å². The fourth-order valence-electron chi connectivity index (χ4n) is 2.47. The first kappa shape index (κ1) is 15.7. The molecule has 0 radical (unpaired) electrons. The minimum atomic E-state index is 0.159. The van der Waals surface area contributed by atoms with Crippen LogP contribution in [0.25, 0.3) is 0 Å². The third-order valence-corrected chi connectivity index (χ3v) is 3.78. The van der Waals surface area contributed by atoms with Crippen molar-refractivity contribution in [2.45, 2.75) is 53.4 Å². The molecular weight excluding hydrogens is 236 g/mol. The molecule has 1 aromatic rings. The van der Waals surface area contributed by atoms with Crippen LogP contribution in [0.2, 0.25) is 0 Å². The van der Waals surface area contributed by atoms with Gasteiger partial charge in [0, 0.05) is 11.5 Å². The Balaban J connectivity index is 3.01. The van der Waals surface area contributed by atoms with E-state index in [1.165, 1.54) is 0 Å². The van der Waals surface area contributed by atoms with E-state index in [9.17, 15) is 4.79 Å². The number of Topliss-reactive ketones (excluding diaryl/α,β-unsaturated/α-hetero) is 1. The summed E-state index contributed by atoms with van der Waals surface area (Å²) in [6, 6.07) is 3.94. The first-order valence-corrected chi connectivity index (χ1v) is 7.24. The summed E-state index contributed by atoms with van der Waals surface area (Å²) in [6.45, 7) is 8.24. The van der Waals surface area contributed by atoms with Crippen molar-refractivity contribution < 1.29 is 9.53 Å². The third kappa shape index (κ3) is 3.82. The highest BCUT2D eigenvalue weighted by Gasteiger charge is 2.20. The SMILES string of the molecule is CCCCC(CC)C(=O)c1cc(C)c(OC)cc1C. The molecule has 1 rings (SSSR count). The molecule has 2 heteroatoms. The molecular formula is C17H26O2. The number of ether oxygens (including phenoxy) is 1. The van der Waals surface area contributed by atoms with E-state index in [0.29, 0.717) is 5.78 Å².